The minimum atomic E-state index is 0.540. The topological polar surface area (TPSA) is 46.0 Å². The second-order valence-electron chi connectivity index (χ2n) is 7.67. The summed E-state index contributed by atoms with van der Waals surface area (Å²) in [6.07, 6.45) is 10.2. The van der Waals surface area contributed by atoms with E-state index in [9.17, 15) is 0 Å². The van der Waals surface area contributed by atoms with Crippen molar-refractivity contribution in [2.45, 2.75) is 58.2 Å². The van der Waals surface area contributed by atoms with Gasteiger partial charge >= 0.3 is 0 Å². The number of nitrogens with zero attached hydrogens (tertiary/aromatic N) is 4. The van der Waals surface area contributed by atoms with Crippen molar-refractivity contribution in [1.82, 2.24) is 24.8 Å². The maximum absolute atomic E-state index is 4.87. The SMILES string of the molecule is CCCc1nc(CN(Cc2nccn2C)C2CC23CCNCC3)cs1. The van der Waals surface area contributed by atoms with Gasteiger partial charge in [0.15, 0.2) is 0 Å². The van der Waals surface area contributed by atoms with E-state index in [1.165, 1.54) is 49.5 Å². The molecule has 1 N–H and O–H groups in total. The Morgan fingerprint density at radius 1 is 1.36 bits per heavy atom. The standard InChI is InChI=1S/C19H29N5S/c1-3-4-18-22-15(14-25-18)12-24(13-17-21-9-10-23(17)2)16-11-19(16)5-7-20-8-6-19/h9-10,14,16,20H,3-8,11-13H2,1-2H3. The van der Waals surface area contributed by atoms with E-state index in [1.54, 1.807) is 0 Å². The number of nitrogens with one attached hydrogen (secondary N) is 1. The molecule has 2 fully saturated rings. The van der Waals surface area contributed by atoms with Crippen LogP contribution in [0.25, 0.3) is 0 Å². The minimum Gasteiger partial charge on any atom is -0.337 e. The highest BCUT2D eigenvalue weighted by atomic mass is 32.1. The number of thiazole rings is 1. The largest absolute Gasteiger partial charge is 0.337 e. The van der Waals surface area contributed by atoms with Crippen LogP contribution in [0.1, 0.15) is 49.1 Å². The fourth-order valence-electron chi connectivity index (χ4n) is 4.27. The molecule has 2 aromatic rings. The van der Waals surface area contributed by atoms with Crippen LogP contribution in [0.3, 0.4) is 0 Å². The average Bonchev–Trinajstić information content (AvgIpc) is 2.93. The average molecular weight is 360 g/mol. The van der Waals surface area contributed by atoms with Crippen LogP contribution in [0.2, 0.25) is 0 Å². The first kappa shape index (κ1) is 17.2. The van der Waals surface area contributed by atoms with Crippen LogP contribution in [0, 0.1) is 5.41 Å². The molecule has 0 radical (unpaired) electrons. The second kappa shape index (κ2) is 7.17. The first-order chi connectivity index (χ1) is 12.2. The highest BCUT2D eigenvalue weighted by molar-refractivity contribution is 7.09. The number of aromatic nitrogens is 3. The number of imidazole rings is 1. The van der Waals surface area contributed by atoms with Crippen LogP contribution in [0.5, 0.6) is 0 Å². The van der Waals surface area contributed by atoms with Crippen molar-refractivity contribution >= 4 is 11.3 Å². The van der Waals surface area contributed by atoms with Crippen molar-refractivity contribution in [3.63, 3.8) is 0 Å². The minimum absolute atomic E-state index is 0.540. The Kier molecular flexibility index (Phi) is 4.93. The van der Waals surface area contributed by atoms with Gasteiger partial charge in [0.2, 0.25) is 0 Å². The van der Waals surface area contributed by atoms with Crippen LogP contribution in [-0.2, 0) is 26.6 Å². The van der Waals surface area contributed by atoms with Gasteiger partial charge in [-0.3, -0.25) is 4.90 Å². The molecular formula is C19H29N5S. The lowest BCUT2D eigenvalue weighted by atomic mass is 9.93. The lowest BCUT2D eigenvalue weighted by molar-refractivity contribution is 0.181. The summed E-state index contributed by atoms with van der Waals surface area (Å²) >= 11 is 1.82. The summed E-state index contributed by atoms with van der Waals surface area (Å²) in [6, 6.07) is 0.683. The molecule has 6 heteroatoms. The molecule has 1 spiro atoms. The molecule has 0 bridgehead atoms. The number of hydrogen-bond donors (Lipinski definition) is 1. The van der Waals surface area contributed by atoms with Crippen LogP contribution in [-0.4, -0.2) is 38.6 Å². The predicted octanol–water partition coefficient (Wildman–Crippen LogP) is 2.97. The van der Waals surface area contributed by atoms with Crippen LogP contribution in [0.15, 0.2) is 17.8 Å². The van der Waals surface area contributed by atoms with Gasteiger partial charge in [-0.25, -0.2) is 9.97 Å². The van der Waals surface area contributed by atoms with E-state index >= 15 is 0 Å². The molecule has 1 saturated heterocycles. The molecule has 1 unspecified atom stereocenters. The summed E-state index contributed by atoms with van der Waals surface area (Å²) in [6.45, 7) is 6.44. The van der Waals surface area contributed by atoms with Crippen molar-refractivity contribution in [3.8, 4) is 0 Å². The zero-order valence-electron chi connectivity index (χ0n) is 15.4. The van der Waals surface area contributed by atoms with E-state index in [1.807, 2.05) is 23.7 Å². The highest BCUT2D eigenvalue weighted by Crippen LogP contribution is 2.56. The van der Waals surface area contributed by atoms with Crippen molar-refractivity contribution < 1.29 is 0 Å². The monoisotopic (exact) mass is 359 g/mol. The fourth-order valence-corrected chi connectivity index (χ4v) is 5.16. The molecule has 4 rings (SSSR count). The van der Waals surface area contributed by atoms with E-state index in [-0.39, 0.29) is 0 Å². The molecule has 25 heavy (non-hydrogen) atoms. The molecule has 1 atom stereocenters. The van der Waals surface area contributed by atoms with Crippen LogP contribution >= 0.6 is 11.3 Å². The van der Waals surface area contributed by atoms with Crippen molar-refractivity contribution in [3.05, 3.63) is 34.3 Å². The number of piperidine rings is 1. The van der Waals surface area contributed by atoms with Crippen LogP contribution in [0.4, 0.5) is 0 Å². The quantitative estimate of drug-likeness (QED) is 0.826. The Bertz CT molecular complexity index is 700. The Labute approximate surface area is 154 Å². The van der Waals surface area contributed by atoms with E-state index in [0.29, 0.717) is 11.5 Å². The molecule has 0 amide bonds. The first-order valence-electron chi connectivity index (χ1n) is 9.54. The Balaban J connectivity index is 1.50. The Morgan fingerprint density at radius 2 is 2.20 bits per heavy atom. The van der Waals surface area contributed by atoms with Gasteiger partial charge < -0.3 is 9.88 Å². The molecule has 0 aromatic carbocycles. The Hall–Kier alpha value is -1.24. The summed E-state index contributed by atoms with van der Waals surface area (Å²) in [5, 5.41) is 7.05. The summed E-state index contributed by atoms with van der Waals surface area (Å²) in [7, 11) is 2.09. The third-order valence-electron chi connectivity index (χ3n) is 5.88. The van der Waals surface area contributed by atoms with Gasteiger partial charge in [-0.2, -0.15) is 0 Å². The van der Waals surface area contributed by atoms with Crippen molar-refractivity contribution in [2.75, 3.05) is 13.1 Å². The molecule has 1 aliphatic heterocycles. The molecule has 136 valence electrons. The zero-order chi connectivity index (χ0) is 17.3. The van der Waals surface area contributed by atoms with E-state index < -0.39 is 0 Å². The highest BCUT2D eigenvalue weighted by Gasteiger charge is 2.56. The number of hydrogen-bond acceptors (Lipinski definition) is 5. The molecule has 5 nitrogen and oxygen atoms in total. The predicted molar refractivity (Wildman–Crippen MR) is 102 cm³/mol. The van der Waals surface area contributed by atoms with Crippen LogP contribution < -0.4 is 5.32 Å². The Morgan fingerprint density at radius 3 is 2.92 bits per heavy atom. The van der Waals surface area contributed by atoms with E-state index in [2.05, 4.69) is 39.1 Å². The summed E-state index contributed by atoms with van der Waals surface area (Å²) in [4.78, 5) is 12.1. The van der Waals surface area contributed by atoms with Gasteiger partial charge in [0, 0.05) is 37.4 Å². The lowest BCUT2D eigenvalue weighted by Crippen LogP contribution is -2.36. The van der Waals surface area contributed by atoms with Gasteiger partial charge in [-0.15, -0.1) is 11.3 Å². The molecule has 3 heterocycles. The van der Waals surface area contributed by atoms with Gasteiger partial charge in [-0.05, 0) is 50.6 Å². The molecule has 1 saturated carbocycles. The zero-order valence-corrected chi connectivity index (χ0v) is 16.2. The molecule has 2 aromatic heterocycles. The maximum atomic E-state index is 4.87. The van der Waals surface area contributed by atoms with Gasteiger partial charge in [0.05, 0.1) is 17.2 Å². The summed E-state index contributed by atoms with van der Waals surface area (Å²) in [5.74, 6) is 1.15. The van der Waals surface area contributed by atoms with Gasteiger partial charge in [-0.1, -0.05) is 6.92 Å². The third kappa shape index (κ3) is 3.66. The normalized spacial score (nSPS) is 22.0. The number of rotatable bonds is 7. The molecule has 1 aliphatic carbocycles. The van der Waals surface area contributed by atoms with E-state index in [0.717, 1.165) is 25.3 Å². The fraction of sp³-hybridized carbons (Fsp3) is 0.684. The van der Waals surface area contributed by atoms with Gasteiger partial charge in [0.25, 0.3) is 0 Å². The second-order valence-corrected chi connectivity index (χ2v) is 8.62. The first-order valence-corrected chi connectivity index (χ1v) is 10.4. The molecular weight excluding hydrogens is 330 g/mol. The van der Waals surface area contributed by atoms with Crippen molar-refractivity contribution in [2.24, 2.45) is 12.5 Å². The van der Waals surface area contributed by atoms with Gasteiger partial charge in [0.1, 0.15) is 5.82 Å². The smallest absolute Gasteiger partial charge is 0.122 e. The number of aryl methyl sites for hydroxylation is 2. The third-order valence-corrected chi connectivity index (χ3v) is 6.84. The maximum Gasteiger partial charge on any atom is 0.122 e. The summed E-state index contributed by atoms with van der Waals surface area (Å²) < 4.78 is 2.15. The summed E-state index contributed by atoms with van der Waals surface area (Å²) in [5.41, 5.74) is 1.78. The lowest BCUT2D eigenvalue weighted by Gasteiger charge is -2.29. The van der Waals surface area contributed by atoms with Crippen molar-refractivity contribution in [1.29, 1.82) is 0 Å². The molecule has 2 aliphatic rings. The van der Waals surface area contributed by atoms with E-state index in [4.69, 9.17) is 4.98 Å².